The van der Waals surface area contributed by atoms with E-state index >= 15 is 0 Å². The number of carboxylic acids is 1. The molecule has 3 nitrogen and oxygen atoms in total. The summed E-state index contributed by atoms with van der Waals surface area (Å²) in [6.07, 6.45) is 20.9. The van der Waals surface area contributed by atoms with Crippen LogP contribution in [0.25, 0.3) is 0 Å². The Bertz CT molecular complexity index is 365. The average molecular weight is 383 g/mol. The summed E-state index contributed by atoms with van der Waals surface area (Å²) < 4.78 is 0. The van der Waals surface area contributed by atoms with Crippen LogP contribution in [0.1, 0.15) is 117 Å². The topological polar surface area (TPSA) is 57.5 Å². The zero-order valence-corrected chi connectivity index (χ0v) is 18.3. The number of rotatable bonds is 19. The molecule has 0 saturated heterocycles. The van der Waals surface area contributed by atoms with Crippen molar-refractivity contribution in [1.29, 1.82) is 0 Å². The SMILES string of the molecule is CC[C@H](C)CCCCCCCCCC=C[C@H](C)[C@H](O)CCCCCC(=O)O. The first-order chi connectivity index (χ1) is 13.0. The van der Waals surface area contributed by atoms with Crippen molar-refractivity contribution in [3.05, 3.63) is 12.2 Å². The van der Waals surface area contributed by atoms with Gasteiger partial charge in [0, 0.05) is 6.42 Å². The standard InChI is InChI=1S/C24H46O3/c1-4-21(2)17-13-10-8-6-5-7-9-11-14-18-22(3)23(25)19-15-12-16-20-24(26)27/h14,18,21-23,25H,4-13,15-17,19-20H2,1-3H3,(H,26,27)/t21-,22-,23+/m0/s1. The molecule has 0 unspecified atom stereocenters. The molecular formula is C24H46O3. The third kappa shape index (κ3) is 18.3. The molecule has 0 aliphatic heterocycles. The number of aliphatic carboxylic acids is 1. The first-order valence-corrected chi connectivity index (χ1v) is 11.5. The van der Waals surface area contributed by atoms with Gasteiger partial charge in [-0.15, -0.1) is 0 Å². The van der Waals surface area contributed by atoms with Crippen LogP contribution in [0, 0.1) is 11.8 Å². The first-order valence-electron chi connectivity index (χ1n) is 11.5. The summed E-state index contributed by atoms with van der Waals surface area (Å²) in [5.74, 6) is 0.359. The fourth-order valence-corrected chi connectivity index (χ4v) is 3.35. The lowest BCUT2D eigenvalue weighted by molar-refractivity contribution is -0.137. The molecule has 0 aliphatic rings. The highest BCUT2D eigenvalue weighted by Crippen LogP contribution is 2.16. The van der Waals surface area contributed by atoms with Crippen molar-refractivity contribution >= 4 is 5.97 Å². The number of allylic oxidation sites excluding steroid dienone is 1. The van der Waals surface area contributed by atoms with E-state index in [1.807, 2.05) is 0 Å². The summed E-state index contributed by atoms with van der Waals surface area (Å²) in [7, 11) is 0. The van der Waals surface area contributed by atoms with Crippen molar-refractivity contribution in [3.8, 4) is 0 Å². The number of carbonyl (C=O) groups is 1. The predicted molar refractivity (Wildman–Crippen MR) is 116 cm³/mol. The Morgan fingerprint density at radius 2 is 1.41 bits per heavy atom. The molecule has 0 fully saturated rings. The van der Waals surface area contributed by atoms with E-state index in [9.17, 15) is 9.90 Å². The average Bonchev–Trinajstić information content (AvgIpc) is 2.64. The van der Waals surface area contributed by atoms with E-state index in [2.05, 4.69) is 32.9 Å². The molecule has 27 heavy (non-hydrogen) atoms. The predicted octanol–water partition coefficient (Wildman–Crippen LogP) is 7.13. The Morgan fingerprint density at radius 3 is 2.04 bits per heavy atom. The third-order valence-corrected chi connectivity index (χ3v) is 5.70. The van der Waals surface area contributed by atoms with E-state index in [-0.39, 0.29) is 18.4 Å². The van der Waals surface area contributed by atoms with Crippen molar-refractivity contribution < 1.29 is 15.0 Å². The van der Waals surface area contributed by atoms with Gasteiger partial charge in [0.2, 0.25) is 0 Å². The van der Waals surface area contributed by atoms with Crippen LogP contribution in [0.4, 0.5) is 0 Å². The Hall–Kier alpha value is -0.830. The molecule has 0 amide bonds. The van der Waals surface area contributed by atoms with Crippen LogP contribution >= 0.6 is 0 Å². The minimum absolute atomic E-state index is 0.190. The van der Waals surface area contributed by atoms with Crippen LogP contribution in [0.15, 0.2) is 12.2 Å². The van der Waals surface area contributed by atoms with E-state index in [0.29, 0.717) is 6.42 Å². The molecule has 3 heteroatoms. The van der Waals surface area contributed by atoms with Crippen LogP contribution in [0.2, 0.25) is 0 Å². The molecule has 2 N–H and O–H groups in total. The molecule has 0 aliphatic carbocycles. The second-order valence-corrected chi connectivity index (χ2v) is 8.41. The first kappa shape index (κ1) is 26.2. The molecule has 0 aromatic heterocycles. The Kier molecular flexibility index (Phi) is 18.0. The molecule has 0 saturated carbocycles. The Balaban J connectivity index is 3.46. The van der Waals surface area contributed by atoms with Gasteiger partial charge in [-0.1, -0.05) is 97.1 Å². The van der Waals surface area contributed by atoms with Crippen molar-refractivity contribution in [2.45, 2.75) is 123 Å². The summed E-state index contributed by atoms with van der Waals surface area (Å²) in [5.41, 5.74) is 0. The summed E-state index contributed by atoms with van der Waals surface area (Å²) in [6.45, 7) is 6.71. The van der Waals surface area contributed by atoms with Gasteiger partial charge in [-0.25, -0.2) is 0 Å². The van der Waals surface area contributed by atoms with Gasteiger partial charge in [0.1, 0.15) is 0 Å². The zero-order valence-electron chi connectivity index (χ0n) is 18.3. The number of carboxylic acid groups (broad SMARTS) is 1. The molecule has 0 rings (SSSR count). The van der Waals surface area contributed by atoms with Gasteiger partial charge in [0.25, 0.3) is 0 Å². The summed E-state index contributed by atoms with van der Waals surface area (Å²) >= 11 is 0. The van der Waals surface area contributed by atoms with E-state index in [1.54, 1.807) is 0 Å². The van der Waals surface area contributed by atoms with Gasteiger partial charge in [0.15, 0.2) is 0 Å². The normalized spacial score (nSPS) is 15.1. The summed E-state index contributed by atoms with van der Waals surface area (Å²) in [4.78, 5) is 10.5. The molecular weight excluding hydrogens is 336 g/mol. The largest absolute Gasteiger partial charge is 0.481 e. The molecule has 0 aromatic rings. The van der Waals surface area contributed by atoms with Gasteiger partial charge in [-0.3, -0.25) is 4.79 Å². The minimum atomic E-state index is -0.728. The molecule has 0 radical (unpaired) electrons. The monoisotopic (exact) mass is 382 g/mol. The van der Waals surface area contributed by atoms with E-state index in [1.165, 1.54) is 57.8 Å². The van der Waals surface area contributed by atoms with Crippen LogP contribution < -0.4 is 0 Å². The summed E-state index contributed by atoms with van der Waals surface area (Å²) in [6, 6.07) is 0. The van der Waals surface area contributed by atoms with Crippen LogP contribution in [-0.4, -0.2) is 22.3 Å². The maximum Gasteiger partial charge on any atom is 0.303 e. The van der Waals surface area contributed by atoms with Crippen LogP contribution in [0.5, 0.6) is 0 Å². The van der Waals surface area contributed by atoms with Gasteiger partial charge >= 0.3 is 5.97 Å². The maximum absolute atomic E-state index is 10.5. The van der Waals surface area contributed by atoms with Gasteiger partial charge in [-0.2, -0.15) is 0 Å². The molecule has 160 valence electrons. The fraction of sp³-hybridized carbons (Fsp3) is 0.875. The summed E-state index contributed by atoms with van der Waals surface area (Å²) in [5, 5.41) is 18.8. The van der Waals surface area contributed by atoms with Gasteiger partial charge < -0.3 is 10.2 Å². The lowest BCUT2D eigenvalue weighted by Gasteiger charge is -2.15. The fourth-order valence-electron chi connectivity index (χ4n) is 3.35. The zero-order chi connectivity index (χ0) is 20.3. The van der Waals surface area contributed by atoms with Gasteiger partial charge in [-0.05, 0) is 37.5 Å². The van der Waals surface area contributed by atoms with Crippen LogP contribution in [-0.2, 0) is 4.79 Å². The highest BCUT2D eigenvalue weighted by Gasteiger charge is 2.10. The van der Waals surface area contributed by atoms with Crippen molar-refractivity contribution in [1.82, 2.24) is 0 Å². The lowest BCUT2D eigenvalue weighted by Crippen LogP contribution is -2.15. The lowest BCUT2D eigenvalue weighted by atomic mass is 9.97. The number of hydrogen-bond acceptors (Lipinski definition) is 2. The highest BCUT2D eigenvalue weighted by molar-refractivity contribution is 5.66. The highest BCUT2D eigenvalue weighted by atomic mass is 16.4. The number of hydrogen-bond donors (Lipinski definition) is 2. The van der Waals surface area contributed by atoms with Crippen molar-refractivity contribution in [2.75, 3.05) is 0 Å². The molecule has 3 atom stereocenters. The second kappa shape index (κ2) is 18.5. The molecule has 0 spiro atoms. The molecule has 0 aromatic carbocycles. The minimum Gasteiger partial charge on any atom is -0.481 e. The second-order valence-electron chi connectivity index (χ2n) is 8.41. The number of aliphatic hydroxyl groups excluding tert-OH is 1. The van der Waals surface area contributed by atoms with E-state index < -0.39 is 5.97 Å². The molecule has 0 heterocycles. The van der Waals surface area contributed by atoms with Gasteiger partial charge in [0.05, 0.1) is 6.10 Å². The number of unbranched alkanes of at least 4 members (excludes halogenated alkanes) is 9. The van der Waals surface area contributed by atoms with Crippen molar-refractivity contribution in [2.24, 2.45) is 11.8 Å². The Labute approximate surface area is 168 Å². The Morgan fingerprint density at radius 1 is 0.852 bits per heavy atom. The van der Waals surface area contributed by atoms with E-state index in [0.717, 1.165) is 31.6 Å². The van der Waals surface area contributed by atoms with Crippen LogP contribution in [0.3, 0.4) is 0 Å². The molecule has 0 bridgehead atoms. The van der Waals surface area contributed by atoms with Crippen molar-refractivity contribution in [3.63, 3.8) is 0 Å². The van der Waals surface area contributed by atoms with E-state index in [4.69, 9.17) is 5.11 Å². The maximum atomic E-state index is 10.5. The number of aliphatic hydroxyl groups is 1. The smallest absolute Gasteiger partial charge is 0.303 e. The third-order valence-electron chi connectivity index (χ3n) is 5.70. The quantitative estimate of drug-likeness (QED) is 0.184.